The molecule has 10 nitrogen and oxygen atoms in total. The van der Waals surface area contributed by atoms with Crippen LogP contribution in [0.1, 0.15) is 31.2 Å². The molecule has 0 spiro atoms. The summed E-state index contributed by atoms with van der Waals surface area (Å²) < 4.78 is 48.7. The maximum absolute atomic E-state index is 14.2. The number of aryl methyl sites for hydroxylation is 1. The van der Waals surface area contributed by atoms with E-state index in [4.69, 9.17) is 14.2 Å². The maximum atomic E-state index is 14.2. The summed E-state index contributed by atoms with van der Waals surface area (Å²) in [4.78, 5) is 22.2. The number of rotatable bonds is 6. The van der Waals surface area contributed by atoms with Gasteiger partial charge in [0.15, 0.2) is 0 Å². The predicted octanol–water partition coefficient (Wildman–Crippen LogP) is 5.34. The summed E-state index contributed by atoms with van der Waals surface area (Å²) in [5.74, 6) is 1.13. The smallest absolute Gasteiger partial charge is 0.409 e. The standard InChI is InChI=1S/C28H34FN5O5S/c1-18-14-20(33-40(36)12-10-34(11-13-40)28(35)38-3)16-24-26(18)27(31-17-30-24)32-23-9-4-19(29)15-25(23)39-22-7-5-21(37-2)6-8-22/h4,9,14-17,21-22H,5-8,10-13H2,1-3H3,(H,30,31,32)/t21-,22-. The number of nitrogens with zero attached hydrogens (tertiary/aromatic N) is 4. The van der Waals surface area contributed by atoms with Crippen molar-refractivity contribution in [2.45, 2.75) is 44.8 Å². The Morgan fingerprint density at radius 1 is 1.07 bits per heavy atom. The molecule has 2 heterocycles. The molecule has 1 aromatic heterocycles. The fourth-order valence-corrected chi connectivity index (χ4v) is 7.11. The third-order valence-electron chi connectivity index (χ3n) is 7.43. The van der Waals surface area contributed by atoms with E-state index in [1.807, 2.05) is 13.0 Å². The molecule has 0 bridgehead atoms. The second-order valence-corrected chi connectivity index (χ2v) is 12.7. The third-order valence-corrected chi connectivity index (χ3v) is 9.61. The van der Waals surface area contributed by atoms with Crippen LogP contribution in [0.5, 0.6) is 5.75 Å². The lowest BCUT2D eigenvalue weighted by molar-refractivity contribution is 0.0329. The molecule has 1 saturated heterocycles. The average Bonchev–Trinajstić information content (AvgIpc) is 2.94. The van der Waals surface area contributed by atoms with Gasteiger partial charge in [0, 0.05) is 43.2 Å². The van der Waals surface area contributed by atoms with Crippen LogP contribution in [-0.4, -0.2) is 76.2 Å². The molecular formula is C28H34FN5O5S. The minimum absolute atomic E-state index is 0.0248. The van der Waals surface area contributed by atoms with Crippen molar-refractivity contribution in [3.05, 3.63) is 48.0 Å². The summed E-state index contributed by atoms with van der Waals surface area (Å²) >= 11 is 0. The monoisotopic (exact) mass is 571 g/mol. The molecule has 2 fully saturated rings. The van der Waals surface area contributed by atoms with Gasteiger partial charge < -0.3 is 24.4 Å². The number of anilines is 2. The predicted molar refractivity (Wildman–Crippen MR) is 152 cm³/mol. The topological polar surface area (TPSA) is 115 Å². The SMILES string of the molecule is COC(=O)N1CCS(=O)(=Nc2cc(C)c3c(Nc4ccc(F)cc4O[C@H]4CC[C@H](OC)CC4)ncnc3c2)CC1. The van der Waals surface area contributed by atoms with Crippen LogP contribution < -0.4 is 10.1 Å². The number of amides is 1. The Hall–Kier alpha value is -3.51. The van der Waals surface area contributed by atoms with E-state index in [0.29, 0.717) is 41.5 Å². The highest BCUT2D eigenvalue weighted by Crippen LogP contribution is 2.35. The molecule has 1 N–H and O–H groups in total. The second kappa shape index (κ2) is 11.9. The van der Waals surface area contributed by atoms with Gasteiger partial charge in [0.05, 0.1) is 45.9 Å². The number of aromatic nitrogens is 2. The Bertz CT molecular complexity index is 1500. The van der Waals surface area contributed by atoms with Crippen LogP contribution in [-0.2, 0) is 19.2 Å². The number of nitrogens with one attached hydrogen (secondary N) is 1. The van der Waals surface area contributed by atoms with Gasteiger partial charge in [-0.2, -0.15) is 4.36 Å². The first-order valence-corrected chi connectivity index (χ1v) is 15.2. The van der Waals surface area contributed by atoms with E-state index in [2.05, 4.69) is 19.6 Å². The van der Waals surface area contributed by atoms with Crippen LogP contribution in [0.2, 0.25) is 0 Å². The Labute approximate surface area is 233 Å². The van der Waals surface area contributed by atoms with E-state index in [-0.39, 0.29) is 29.5 Å². The van der Waals surface area contributed by atoms with Crippen LogP contribution >= 0.6 is 0 Å². The molecule has 0 unspecified atom stereocenters. The molecule has 2 aliphatic rings. The summed E-state index contributed by atoms with van der Waals surface area (Å²) in [6, 6.07) is 8.05. The summed E-state index contributed by atoms with van der Waals surface area (Å²) in [6.45, 7) is 2.57. The minimum Gasteiger partial charge on any atom is -0.488 e. The largest absolute Gasteiger partial charge is 0.488 e. The van der Waals surface area contributed by atoms with E-state index >= 15 is 0 Å². The minimum atomic E-state index is -2.53. The number of hydrogen-bond donors (Lipinski definition) is 1. The van der Waals surface area contributed by atoms with Crippen LogP contribution in [0.3, 0.4) is 0 Å². The van der Waals surface area contributed by atoms with Crippen molar-refractivity contribution < 1.29 is 27.6 Å². The van der Waals surface area contributed by atoms with Crippen molar-refractivity contribution in [2.75, 3.05) is 44.1 Å². The first kappa shape index (κ1) is 28.0. The van der Waals surface area contributed by atoms with Crippen molar-refractivity contribution in [1.82, 2.24) is 14.9 Å². The number of fused-ring (bicyclic) bond motifs is 1. The van der Waals surface area contributed by atoms with Gasteiger partial charge in [-0.25, -0.2) is 23.4 Å². The van der Waals surface area contributed by atoms with Crippen molar-refractivity contribution in [3.63, 3.8) is 0 Å². The van der Waals surface area contributed by atoms with Gasteiger partial charge in [0.25, 0.3) is 0 Å². The number of hydrogen-bond acceptors (Lipinski definition) is 9. The second-order valence-electron chi connectivity index (χ2n) is 10.1. The van der Waals surface area contributed by atoms with E-state index in [1.54, 1.807) is 19.2 Å². The Morgan fingerprint density at radius 3 is 2.50 bits per heavy atom. The molecule has 1 aliphatic carbocycles. The lowest BCUT2D eigenvalue weighted by Crippen LogP contribution is -2.43. The van der Waals surface area contributed by atoms with Crippen LogP contribution in [0, 0.1) is 12.7 Å². The lowest BCUT2D eigenvalue weighted by Gasteiger charge is -2.28. The zero-order valence-electron chi connectivity index (χ0n) is 22.9. The highest BCUT2D eigenvalue weighted by atomic mass is 32.2. The molecule has 1 amide bonds. The number of benzene rings is 2. The van der Waals surface area contributed by atoms with Gasteiger partial charge in [-0.3, -0.25) is 0 Å². The first-order valence-electron chi connectivity index (χ1n) is 13.3. The Kier molecular flexibility index (Phi) is 8.36. The van der Waals surface area contributed by atoms with Gasteiger partial charge >= 0.3 is 6.09 Å². The molecule has 2 aromatic carbocycles. The molecule has 1 saturated carbocycles. The number of carbonyl (C=O) groups excluding carboxylic acids is 1. The Balaban J connectivity index is 1.39. The van der Waals surface area contributed by atoms with Crippen molar-refractivity contribution in [1.29, 1.82) is 0 Å². The van der Waals surface area contributed by atoms with Gasteiger partial charge in [-0.1, -0.05) is 0 Å². The number of halogens is 1. The molecule has 3 aromatic rings. The first-order chi connectivity index (χ1) is 19.3. The molecule has 12 heteroatoms. The van der Waals surface area contributed by atoms with Gasteiger partial charge in [0.2, 0.25) is 0 Å². The fourth-order valence-electron chi connectivity index (χ4n) is 5.23. The van der Waals surface area contributed by atoms with Crippen LogP contribution in [0.25, 0.3) is 10.9 Å². The highest BCUT2D eigenvalue weighted by molar-refractivity contribution is 7.93. The van der Waals surface area contributed by atoms with E-state index in [0.717, 1.165) is 36.6 Å². The van der Waals surface area contributed by atoms with E-state index < -0.39 is 15.8 Å². The zero-order chi connectivity index (χ0) is 28.3. The molecular weight excluding hydrogens is 537 g/mol. The number of carbonyl (C=O) groups is 1. The van der Waals surface area contributed by atoms with Crippen LogP contribution in [0.15, 0.2) is 41.0 Å². The van der Waals surface area contributed by atoms with Crippen molar-refractivity contribution in [2.24, 2.45) is 4.36 Å². The summed E-state index contributed by atoms with van der Waals surface area (Å²) in [6.07, 6.45) is 4.70. The number of methoxy groups -OCH3 is 2. The molecule has 5 rings (SSSR count). The summed E-state index contributed by atoms with van der Waals surface area (Å²) in [5, 5.41) is 4.09. The summed E-state index contributed by atoms with van der Waals surface area (Å²) in [7, 11) is 0.522. The molecule has 0 radical (unpaired) electrons. The van der Waals surface area contributed by atoms with Gasteiger partial charge in [-0.05, 0) is 62.4 Å². The van der Waals surface area contributed by atoms with Gasteiger partial charge in [0.1, 0.15) is 23.7 Å². The quantitative estimate of drug-likeness (QED) is 0.422. The normalized spacial score (nSPS) is 20.6. The maximum Gasteiger partial charge on any atom is 0.409 e. The van der Waals surface area contributed by atoms with Crippen molar-refractivity contribution in [3.8, 4) is 5.75 Å². The zero-order valence-corrected chi connectivity index (χ0v) is 23.7. The molecule has 1 aliphatic heterocycles. The number of ether oxygens (including phenoxy) is 3. The van der Waals surface area contributed by atoms with Crippen LogP contribution in [0.4, 0.5) is 26.4 Å². The lowest BCUT2D eigenvalue weighted by atomic mass is 9.95. The molecule has 0 atom stereocenters. The highest BCUT2D eigenvalue weighted by Gasteiger charge is 2.25. The van der Waals surface area contributed by atoms with E-state index in [9.17, 15) is 13.4 Å². The molecule has 214 valence electrons. The Morgan fingerprint density at radius 2 is 1.80 bits per heavy atom. The fraction of sp³-hybridized carbons (Fsp3) is 0.464. The van der Waals surface area contributed by atoms with Crippen molar-refractivity contribution >= 4 is 43.9 Å². The molecule has 40 heavy (non-hydrogen) atoms. The summed E-state index contributed by atoms with van der Waals surface area (Å²) in [5.41, 5.74) is 2.64. The van der Waals surface area contributed by atoms with E-state index in [1.165, 1.54) is 30.5 Å². The average molecular weight is 572 g/mol. The third kappa shape index (κ3) is 6.28. The van der Waals surface area contributed by atoms with Gasteiger partial charge in [-0.15, -0.1) is 0 Å².